The van der Waals surface area contributed by atoms with Gasteiger partial charge < -0.3 is 15.2 Å². The van der Waals surface area contributed by atoms with E-state index >= 15 is 0 Å². The van der Waals surface area contributed by atoms with Gasteiger partial charge in [-0.05, 0) is 30.0 Å². The zero-order chi connectivity index (χ0) is 16.5. The van der Waals surface area contributed by atoms with Crippen LogP contribution in [-0.4, -0.2) is 11.7 Å². The van der Waals surface area contributed by atoms with Gasteiger partial charge in [0.1, 0.15) is 18.1 Å². The van der Waals surface area contributed by atoms with Gasteiger partial charge in [0.05, 0.1) is 11.7 Å². The minimum Gasteiger partial charge on any atom is -0.508 e. The number of hydrogen-bond donors (Lipinski definition) is 2. The Bertz CT molecular complexity index is 796. The van der Waals surface area contributed by atoms with Gasteiger partial charge in [-0.15, -0.1) is 0 Å². The normalized spacial score (nSPS) is 23.9. The van der Waals surface area contributed by atoms with Crippen molar-refractivity contribution >= 4 is 5.69 Å². The number of rotatable bonds is 4. The molecule has 2 aliphatic rings. The zero-order valence-electron chi connectivity index (χ0n) is 13.5. The Hall–Kier alpha value is -2.68. The lowest BCUT2D eigenvalue weighted by Crippen LogP contribution is -2.29. The van der Waals surface area contributed by atoms with Gasteiger partial charge >= 0.3 is 0 Å². The molecule has 0 amide bonds. The highest BCUT2D eigenvalue weighted by Crippen LogP contribution is 2.53. The first-order valence-corrected chi connectivity index (χ1v) is 8.37. The lowest BCUT2D eigenvalue weighted by molar-refractivity contribution is 0.356. The van der Waals surface area contributed by atoms with Crippen molar-refractivity contribution in [2.75, 3.05) is 11.9 Å². The van der Waals surface area contributed by atoms with Crippen molar-refractivity contribution in [3.05, 3.63) is 78.4 Å². The van der Waals surface area contributed by atoms with Crippen molar-refractivity contribution in [1.29, 1.82) is 0 Å². The number of para-hydroxylation sites is 2. The van der Waals surface area contributed by atoms with E-state index in [4.69, 9.17) is 4.74 Å². The molecule has 3 unspecified atom stereocenters. The van der Waals surface area contributed by atoms with Gasteiger partial charge in [0, 0.05) is 11.5 Å². The van der Waals surface area contributed by atoms with Gasteiger partial charge in [-0.3, -0.25) is 0 Å². The van der Waals surface area contributed by atoms with E-state index in [1.807, 2.05) is 30.3 Å². The molecule has 2 aromatic rings. The van der Waals surface area contributed by atoms with Crippen LogP contribution in [0.4, 0.5) is 5.69 Å². The van der Waals surface area contributed by atoms with E-state index < -0.39 is 0 Å². The number of allylic oxidation sites excluding steroid dienone is 2. The molecule has 1 aliphatic heterocycles. The molecule has 0 radical (unpaired) electrons. The van der Waals surface area contributed by atoms with Gasteiger partial charge in [0.25, 0.3) is 0 Å². The number of hydrogen-bond acceptors (Lipinski definition) is 3. The van der Waals surface area contributed by atoms with E-state index in [2.05, 4.69) is 30.1 Å². The van der Waals surface area contributed by atoms with Crippen LogP contribution in [0, 0.1) is 5.92 Å². The summed E-state index contributed by atoms with van der Waals surface area (Å²) in [4.78, 5) is 0. The first-order chi connectivity index (χ1) is 11.8. The summed E-state index contributed by atoms with van der Waals surface area (Å²) in [7, 11) is 0. The second-order valence-electron chi connectivity index (χ2n) is 6.35. The van der Waals surface area contributed by atoms with Crippen molar-refractivity contribution < 1.29 is 9.84 Å². The Morgan fingerprint density at radius 2 is 2.00 bits per heavy atom. The van der Waals surface area contributed by atoms with Crippen LogP contribution in [0.3, 0.4) is 0 Å². The van der Waals surface area contributed by atoms with Crippen LogP contribution < -0.4 is 10.1 Å². The fourth-order valence-corrected chi connectivity index (χ4v) is 3.92. The van der Waals surface area contributed by atoms with Gasteiger partial charge in [0.15, 0.2) is 0 Å². The Morgan fingerprint density at radius 1 is 1.17 bits per heavy atom. The fraction of sp³-hybridized carbons (Fsp3) is 0.238. The van der Waals surface area contributed by atoms with Crippen LogP contribution in [0.2, 0.25) is 0 Å². The van der Waals surface area contributed by atoms with Gasteiger partial charge in [-0.1, -0.05) is 55.1 Å². The van der Waals surface area contributed by atoms with Crippen molar-refractivity contribution in [3.8, 4) is 11.5 Å². The molecule has 2 aromatic carbocycles. The molecule has 3 heteroatoms. The number of fused-ring (bicyclic) bond motifs is 3. The number of phenolic OH excluding ortho intramolecular Hbond substituents is 1. The molecule has 2 N–H and O–H groups in total. The molecular weight excluding hydrogens is 298 g/mol. The Kier molecular flexibility index (Phi) is 3.77. The molecule has 3 atom stereocenters. The third kappa shape index (κ3) is 2.37. The molecule has 0 aromatic heterocycles. The summed E-state index contributed by atoms with van der Waals surface area (Å²) in [6.45, 7) is 4.20. The minimum atomic E-state index is 0.0622. The summed E-state index contributed by atoms with van der Waals surface area (Å²) in [6, 6.07) is 13.8. The summed E-state index contributed by atoms with van der Waals surface area (Å²) in [6.07, 6.45) is 7.29. The predicted molar refractivity (Wildman–Crippen MR) is 96.6 cm³/mol. The van der Waals surface area contributed by atoms with Crippen LogP contribution in [0.1, 0.15) is 29.5 Å². The number of phenols is 1. The highest BCUT2D eigenvalue weighted by atomic mass is 16.5. The number of aromatic hydroxyl groups is 1. The smallest absolute Gasteiger partial charge is 0.143 e. The van der Waals surface area contributed by atoms with Crippen molar-refractivity contribution in [2.24, 2.45) is 5.92 Å². The van der Waals surface area contributed by atoms with Crippen molar-refractivity contribution in [2.45, 2.75) is 18.4 Å². The molecule has 122 valence electrons. The molecule has 24 heavy (non-hydrogen) atoms. The molecule has 0 bridgehead atoms. The van der Waals surface area contributed by atoms with Crippen molar-refractivity contribution in [3.63, 3.8) is 0 Å². The average Bonchev–Trinajstić information content (AvgIpc) is 3.10. The third-order valence-electron chi connectivity index (χ3n) is 4.99. The Labute approximate surface area is 142 Å². The predicted octanol–water partition coefficient (Wildman–Crippen LogP) is 4.78. The second-order valence-corrected chi connectivity index (χ2v) is 6.35. The quantitative estimate of drug-likeness (QED) is 0.797. The second kappa shape index (κ2) is 6.08. The Morgan fingerprint density at radius 3 is 2.83 bits per heavy atom. The van der Waals surface area contributed by atoms with Crippen LogP contribution >= 0.6 is 0 Å². The maximum absolute atomic E-state index is 10.3. The maximum Gasteiger partial charge on any atom is 0.143 e. The fourth-order valence-electron chi connectivity index (χ4n) is 3.92. The van der Waals surface area contributed by atoms with Gasteiger partial charge in [-0.2, -0.15) is 0 Å². The molecule has 4 rings (SSSR count). The Balaban J connectivity index is 1.79. The molecule has 0 saturated carbocycles. The minimum absolute atomic E-state index is 0.0622. The number of ether oxygens (including phenoxy) is 1. The summed E-state index contributed by atoms with van der Waals surface area (Å²) in [5.41, 5.74) is 3.24. The first kappa shape index (κ1) is 14.9. The van der Waals surface area contributed by atoms with E-state index in [0.29, 0.717) is 24.2 Å². The summed E-state index contributed by atoms with van der Waals surface area (Å²) in [5.74, 6) is 1.93. The molecule has 0 fully saturated rings. The zero-order valence-corrected chi connectivity index (χ0v) is 13.5. The molecule has 1 aliphatic carbocycles. The van der Waals surface area contributed by atoms with E-state index in [9.17, 15) is 5.11 Å². The number of anilines is 1. The summed E-state index contributed by atoms with van der Waals surface area (Å²) < 4.78 is 5.85. The SMILES string of the molecule is C=CCOc1cccc2c1NC(c1ccccc1O)C1CC=CC21. The van der Waals surface area contributed by atoms with Crippen LogP contribution in [0.5, 0.6) is 11.5 Å². The van der Waals surface area contributed by atoms with E-state index in [0.717, 1.165) is 23.4 Å². The van der Waals surface area contributed by atoms with Gasteiger partial charge in [-0.25, -0.2) is 0 Å². The molecule has 0 saturated heterocycles. The monoisotopic (exact) mass is 319 g/mol. The molecular formula is C21H21NO2. The number of nitrogens with one attached hydrogen (secondary N) is 1. The highest BCUT2D eigenvalue weighted by molar-refractivity contribution is 5.68. The third-order valence-corrected chi connectivity index (χ3v) is 4.99. The van der Waals surface area contributed by atoms with Crippen LogP contribution in [-0.2, 0) is 0 Å². The number of benzene rings is 2. The van der Waals surface area contributed by atoms with E-state index in [-0.39, 0.29) is 6.04 Å². The standard InChI is InChI=1S/C21H21NO2/c1-2-13-24-19-12-6-10-16-14-8-5-9-15(14)20(22-21(16)19)17-7-3-4-11-18(17)23/h2-8,10-12,14-15,20,22-23H,1,9,13H2. The average molecular weight is 319 g/mol. The summed E-state index contributed by atoms with van der Waals surface area (Å²) in [5, 5.41) is 14.0. The topological polar surface area (TPSA) is 41.5 Å². The van der Waals surface area contributed by atoms with E-state index in [1.54, 1.807) is 12.1 Å². The van der Waals surface area contributed by atoms with Gasteiger partial charge in [0.2, 0.25) is 0 Å². The largest absolute Gasteiger partial charge is 0.508 e. The lowest BCUT2D eigenvalue weighted by Gasteiger charge is -2.38. The molecule has 1 heterocycles. The van der Waals surface area contributed by atoms with Crippen LogP contribution in [0.15, 0.2) is 67.3 Å². The molecule has 0 spiro atoms. The maximum atomic E-state index is 10.3. The molecule has 3 nitrogen and oxygen atoms in total. The van der Waals surface area contributed by atoms with Crippen molar-refractivity contribution in [1.82, 2.24) is 0 Å². The lowest BCUT2D eigenvalue weighted by atomic mass is 9.76. The first-order valence-electron chi connectivity index (χ1n) is 8.37. The highest BCUT2D eigenvalue weighted by Gasteiger charge is 2.39. The summed E-state index contributed by atoms with van der Waals surface area (Å²) >= 11 is 0. The van der Waals surface area contributed by atoms with E-state index in [1.165, 1.54) is 5.56 Å². The van der Waals surface area contributed by atoms with Crippen LogP contribution in [0.25, 0.3) is 0 Å².